The molecule has 0 saturated carbocycles. The van der Waals surface area contributed by atoms with Gasteiger partial charge in [0.05, 0.1) is 12.1 Å². The lowest BCUT2D eigenvalue weighted by atomic mass is 10.2. The third kappa shape index (κ3) is 5.72. The maximum Gasteiger partial charge on any atom is 0.409 e. The van der Waals surface area contributed by atoms with E-state index in [1.54, 1.807) is 28.9 Å². The summed E-state index contributed by atoms with van der Waals surface area (Å²) in [5.41, 5.74) is 3.40. The fourth-order valence-electron chi connectivity index (χ4n) is 4.58. The third-order valence-electron chi connectivity index (χ3n) is 6.53. The van der Waals surface area contributed by atoms with Crippen LogP contribution < -0.4 is 0 Å². The van der Waals surface area contributed by atoms with Gasteiger partial charge in [-0.05, 0) is 37.1 Å². The molecule has 0 unspecified atom stereocenters. The molecule has 1 fully saturated rings. The van der Waals surface area contributed by atoms with Gasteiger partial charge in [-0.15, -0.1) is 10.2 Å². The van der Waals surface area contributed by atoms with Gasteiger partial charge in [-0.2, -0.15) is 0 Å². The molecular formula is C27H29FN6O3S. The van der Waals surface area contributed by atoms with Gasteiger partial charge in [0.25, 0.3) is 0 Å². The number of ether oxygens (including phenoxy) is 1. The van der Waals surface area contributed by atoms with E-state index in [1.807, 2.05) is 24.3 Å². The van der Waals surface area contributed by atoms with Crippen LogP contribution in [0.2, 0.25) is 0 Å². The largest absolute Gasteiger partial charge is 0.450 e. The fourth-order valence-corrected chi connectivity index (χ4v) is 5.30. The molecule has 0 atom stereocenters. The minimum absolute atomic E-state index is 0.0861. The van der Waals surface area contributed by atoms with Crippen LogP contribution in [0, 0.1) is 5.82 Å². The highest BCUT2D eigenvalue weighted by Gasteiger charge is 2.24. The van der Waals surface area contributed by atoms with Gasteiger partial charge in [-0.25, -0.2) is 14.2 Å². The monoisotopic (exact) mass is 536 g/mol. The van der Waals surface area contributed by atoms with Crippen LogP contribution in [0.1, 0.15) is 25.3 Å². The number of thioether (sulfide) groups is 1. The van der Waals surface area contributed by atoms with Crippen molar-refractivity contribution in [2.75, 3.05) is 38.5 Å². The zero-order valence-electron chi connectivity index (χ0n) is 21.2. The molecule has 0 spiro atoms. The second kappa shape index (κ2) is 11.8. The smallest absolute Gasteiger partial charge is 0.409 e. The summed E-state index contributed by atoms with van der Waals surface area (Å²) in [4.78, 5) is 32.7. The fraction of sp³-hybridized carbons (Fsp3) is 0.370. The van der Waals surface area contributed by atoms with Gasteiger partial charge < -0.3 is 19.1 Å². The Morgan fingerprint density at radius 2 is 1.74 bits per heavy atom. The SMILES string of the molecule is CCOC(=O)N1CCN(C(=O)CCCSc2nnc3c4ccccc4n(Cc4ccc(F)cc4)c3n2)CC1. The molecule has 4 aromatic rings. The highest BCUT2D eigenvalue weighted by atomic mass is 32.2. The molecule has 0 radical (unpaired) electrons. The van der Waals surface area contributed by atoms with Crippen molar-refractivity contribution < 1.29 is 18.7 Å². The van der Waals surface area contributed by atoms with Crippen LogP contribution in [0.15, 0.2) is 53.7 Å². The van der Waals surface area contributed by atoms with E-state index in [2.05, 4.69) is 14.8 Å². The van der Waals surface area contributed by atoms with Crippen molar-refractivity contribution in [2.45, 2.75) is 31.5 Å². The Balaban J connectivity index is 1.20. The Bertz CT molecular complexity index is 1440. The van der Waals surface area contributed by atoms with Crippen molar-refractivity contribution in [3.05, 3.63) is 59.9 Å². The molecule has 0 aliphatic carbocycles. The van der Waals surface area contributed by atoms with Gasteiger partial charge in [0, 0.05) is 50.3 Å². The lowest BCUT2D eigenvalue weighted by molar-refractivity contribution is -0.132. The van der Waals surface area contributed by atoms with E-state index in [0.717, 1.165) is 27.6 Å². The average molecular weight is 537 g/mol. The van der Waals surface area contributed by atoms with E-state index < -0.39 is 0 Å². The lowest BCUT2D eigenvalue weighted by Crippen LogP contribution is -2.50. The molecule has 38 heavy (non-hydrogen) atoms. The molecule has 2 aromatic heterocycles. The number of benzene rings is 2. The van der Waals surface area contributed by atoms with Gasteiger partial charge in [0.1, 0.15) is 11.3 Å². The molecule has 1 aliphatic heterocycles. The predicted molar refractivity (Wildman–Crippen MR) is 143 cm³/mol. The molecule has 3 heterocycles. The first kappa shape index (κ1) is 25.9. The molecule has 1 saturated heterocycles. The Morgan fingerprint density at radius 3 is 2.50 bits per heavy atom. The minimum Gasteiger partial charge on any atom is -0.450 e. The molecule has 198 valence electrons. The van der Waals surface area contributed by atoms with Crippen LogP contribution in [0.4, 0.5) is 9.18 Å². The molecular weight excluding hydrogens is 507 g/mol. The number of fused-ring (bicyclic) bond motifs is 3. The van der Waals surface area contributed by atoms with Gasteiger partial charge in [0.15, 0.2) is 5.65 Å². The molecule has 2 amide bonds. The zero-order chi connectivity index (χ0) is 26.5. The molecule has 2 aromatic carbocycles. The van der Waals surface area contributed by atoms with Gasteiger partial charge in [0.2, 0.25) is 11.1 Å². The Kier molecular flexibility index (Phi) is 8.02. The van der Waals surface area contributed by atoms with E-state index in [4.69, 9.17) is 9.72 Å². The van der Waals surface area contributed by atoms with E-state index in [0.29, 0.717) is 63.1 Å². The second-order valence-corrected chi connectivity index (χ2v) is 10.1. The number of halogens is 1. The first-order valence-corrected chi connectivity index (χ1v) is 13.7. The highest BCUT2D eigenvalue weighted by molar-refractivity contribution is 7.99. The molecule has 1 aliphatic rings. The van der Waals surface area contributed by atoms with Crippen LogP contribution in [0.25, 0.3) is 22.1 Å². The van der Waals surface area contributed by atoms with Crippen molar-refractivity contribution in [3.63, 3.8) is 0 Å². The van der Waals surface area contributed by atoms with Crippen LogP contribution >= 0.6 is 11.8 Å². The number of aromatic nitrogens is 4. The molecule has 0 bridgehead atoms. The van der Waals surface area contributed by atoms with E-state index in [-0.39, 0.29) is 17.8 Å². The number of rotatable bonds is 8. The summed E-state index contributed by atoms with van der Waals surface area (Å²) in [6.45, 7) is 4.68. The summed E-state index contributed by atoms with van der Waals surface area (Å²) in [6.07, 6.45) is 0.785. The Labute approximate surface area is 224 Å². The highest BCUT2D eigenvalue weighted by Crippen LogP contribution is 2.28. The summed E-state index contributed by atoms with van der Waals surface area (Å²) in [5.74, 6) is 0.499. The van der Waals surface area contributed by atoms with E-state index >= 15 is 0 Å². The number of piperazine rings is 1. The predicted octanol–water partition coefficient (Wildman–Crippen LogP) is 4.34. The molecule has 9 nitrogen and oxygen atoms in total. The normalized spacial score (nSPS) is 13.8. The number of nitrogens with zero attached hydrogens (tertiary/aromatic N) is 6. The summed E-state index contributed by atoms with van der Waals surface area (Å²) < 4.78 is 20.5. The number of para-hydroxylation sites is 1. The Morgan fingerprint density at radius 1 is 1.00 bits per heavy atom. The standard InChI is InChI=1S/C27H29FN6O3S/c1-2-37-27(36)33-15-13-32(14-16-33)23(35)8-5-17-38-26-29-25-24(30-31-26)21-6-3-4-7-22(21)34(25)18-19-9-11-20(28)12-10-19/h3-4,6-7,9-12H,2,5,8,13-18H2,1H3. The number of carbonyl (C=O) groups is 2. The summed E-state index contributed by atoms with van der Waals surface area (Å²) in [7, 11) is 0. The zero-order valence-corrected chi connectivity index (χ0v) is 22.0. The molecule has 5 rings (SSSR count). The van der Waals surface area contributed by atoms with Crippen molar-refractivity contribution in [2.24, 2.45) is 0 Å². The third-order valence-corrected chi connectivity index (χ3v) is 7.46. The van der Waals surface area contributed by atoms with Crippen LogP contribution in [-0.2, 0) is 16.1 Å². The number of hydrogen-bond donors (Lipinski definition) is 0. The maximum atomic E-state index is 13.4. The lowest BCUT2D eigenvalue weighted by Gasteiger charge is -2.34. The van der Waals surface area contributed by atoms with E-state index in [1.165, 1.54) is 23.9 Å². The van der Waals surface area contributed by atoms with Crippen LogP contribution in [-0.4, -0.2) is 80.1 Å². The van der Waals surface area contributed by atoms with E-state index in [9.17, 15) is 14.0 Å². The summed E-state index contributed by atoms with van der Waals surface area (Å²) in [6, 6.07) is 14.4. The minimum atomic E-state index is -0.321. The van der Waals surface area contributed by atoms with Crippen molar-refractivity contribution in [3.8, 4) is 0 Å². The summed E-state index contributed by atoms with van der Waals surface area (Å²) in [5, 5.41) is 10.3. The van der Waals surface area contributed by atoms with Crippen molar-refractivity contribution in [1.29, 1.82) is 0 Å². The summed E-state index contributed by atoms with van der Waals surface area (Å²) >= 11 is 1.47. The first-order valence-electron chi connectivity index (χ1n) is 12.7. The Hall–Kier alpha value is -3.73. The van der Waals surface area contributed by atoms with Crippen LogP contribution in [0.5, 0.6) is 0 Å². The second-order valence-electron chi connectivity index (χ2n) is 9.02. The topological polar surface area (TPSA) is 93.5 Å². The molecule has 11 heteroatoms. The number of carbonyl (C=O) groups excluding carboxylic acids is 2. The number of hydrogen-bond acceptors (Lipinski definition) is 7. The van der Waals surface area contributed by atoms with Crippen molar-refractivity contribution in [1.82, 2.24) is 29.5 Å². The number of amides is 2. The van der Waals surface area contributed by atoms with Gasteiger partial charge in [-0.3, -0.25) is 4.79 Å². The van der Waals surface area contributed by atoms with Crippen LogP contribution in [0.3, 0.4) is 0 Å². The maximum absolute atomic E-state index is 13.4. The average Bonchev–Trinajstić information content (AvgIpc) is 3.25. The van der Waals surface area contributed by atoms with Gasteiger partial charge >= 0.3 is 6.09 Å². The first-order chi connectivity index (χ1) is 18.5. The van der Waals surface area contributed by atoms with Crippen molar-refractivity contribution >= 4 is 45.8 Å². The van der Waals surface area contributed by atoms with Gasteiger partial charge in [-0.1, -0.05) is 42.1 Å². The quantitative estimate of drug-likeness (QED) is 0.244. The molecule has 0 N–H and O–H groups in total.